The first-order valence-electron chi connectivity index (χ1n) is 5.39. The summed E-state index contributed by atoms with van der Waals surface area (Å²) in [5.41, 5.74) is -0.104. The first-order chi connectivity index (χ1) is 6.38. The molecule has 3 nitrogen and oxygen atoms in total. The van der Waals surface area contributed by atoms with Crippen LogP contribution in [0.3, 0.4) is 0 Å². The van der Waals surface area contributed by atoms with Crippen molar-refractivity contribution >= 4 is 5.91 Å². The Morgan fingerprint density at radius 2 is 2.07 bits per heavy atom. The van der Waals surface area contributed by atoms with Gasteiger partial charge in [-0.1, -0.05) is 0 Å². The summed E-state index contributed by atoms with van der Waals surface area (Å²) in [5, 5.41) is 3.04. The van der Waals surface area contributed by atoms with Crippen molar-refractivity contribution in [1.29, 1.82) is 0 Å². The molecule has 14 heavy (non-hydrogen) atoms. The molecule has 1 aliphatic heterocycles. The molecule has 1 amide bonds. The number of hydrogen-bond donors (Lipinski definition) is 1. The van der Waals surface area contributed by atoms with E-state index in [1.807, 2.05) is 20.8 Å². The Labute approximate surface area is 86.9 Å². The number of carbonyl (C=O) groups excluding carboxylic acids is 1. The molecule has 0 aromatic heterocycles. The zero-order valence-electron chi connectivity index (χ0n) is 9.76. The highest BCUT2D eigenvalue weighted by Gasteiger charge is 2.26. The van der Waals surface area contributed by atoms with Gasteiger partial charge in [0.2, 0.25) is 5.91 Å². The van der Waals surface area contributed by atoms with Gasteiger partial charge in [0.1, 0.15) is 0 Å². The summed E-state index contributed by atoms with van der Waals surface area (Å²) < 4.78 is 0. The van der Waals surface area contributed by atoms with Crippen LogP contribution in [0.4, 0.5) is 0 Å². The van der Waals surface area contributed by atoms with Gasteiger partial charge in [0.15, 0.2) is 0 Å². The number of likely N-dealkylation sites (tertiary alicyclic amines) is 1. The van der Waals surface area contributed by atoms with Gasteiger partial charge in [0.25, 0.3) is 0 Å². The van der Waals surface area contributed by atoms with Crippen LogP contribution >= 0.6 is 0 Å². The third kappa shape index (κ3) is 3.66. The Morgan fingerprint density at radius 1 is 1.43 bits per heavy atom. The smallest absolute Gasteiger partial charge is 0.224 e. The molecule has 1 N–H and O–H groups in total. The minimum Gasteiger partial charge on any atom is -0.351 e. The van der Waals surface area contributed by atoms with E-state index in [0.717, 1.165) is 25.9 Å². The molecule has 0 aromatic carbocycles. The molecule has 0 unspecified atom stereocenters. The van der Waals surface area contributed by atoms with Crippen molar-refractivity contribution in [3.05, 3.63) is 0 Å². The van der Waals surface area contributed by atoms with Crippen LogP contribution < -0.4 is 5.32 Å². The Bertz CT molecular complexity index is 208. The van der Waals surface area contributed by atoms with E-state index in [1.54, 1.807) is 0 Å². The fraction of sp³-hybridized carbons (Fsp3) is 0.909. The zero-order chi connectivity index (χ0) is 10.8. The predicted octanol–water partition coefficient (Wildman–Crippen LogP) is 1.24. The van der Waals surface area contributed by atoms with Gasteiger partial charge in [-0.25, -0.2) is 0 Å². The average molecular weight is 198 g/mol. The summed E-state index contributed by atoms with van der Waals surface area (Å²) in [6.45, 7) is 8.10. The molecule has 0 spiro atoms. The molecule has 1 atom stereocenters. The number of hydrogen-bond acceptors (Lipinski definition) is 2. The van der Waals surface area contributed by atoms with Gasteiger partial charge in [0.05, 0.1) is 5.92 Å². The Kier molecular flexibility index (Phi) is 3.53. The molecule has 1 fully saturated rings. The van der Waals surface area contributed by atoms with E-state index in [9.17, 15) is 4.79 Å². The van der Waals surface area contributed by atoms with Crippen LogP contribution in [0.1, 0.15) is 33.6 Å². The van der Waals surface area contributed by atoms with Gasteiger partial charge in [-0.15, -0.1) is 0 Å². The quantitative estimate of drug-likeness (QED) is 0.687. The molecule has 1 saturated heterocycles. The number of nitrogens with one attached hydrogen (secondary N) is 1. The molecular weight excluding hydrogens is 176 g/mol. The van der Waals surface area contributed by atoms with Crippen LogP contribution in [0.5, 0.6) is 0 Å². The highest BCUT2D eigenvalue weighted by molar-refractivity contribution is 5.79. The van der Waals surface area contributed by atoms with Gasteiger partial charge in [0, 0.05) is 12.1 Å². The molecular formula is C11H22N2O. The lowest BCUT2D eigenvalue weighted by Gasteiger charge is -2.31. The third-order valence-corrected chi connectivity index (χ3v) is 2.49. The summed E-state index contributed by atoms with van der Waals surface area (Å²) in [6, 6.07) is 0. The van der Waals surface area contributed by atoms with Crippen LogP contribution in [-0.4, -0.2) is 36.5 Å². The van der Waals surface area contributed by atoms with E-state index in [4.69, 9.17) is 0 Å². The Morgan fingerprint density at radius 3 is 2.57 bits per heavy atom. The normalized spacial score (nSPS) is 24.7. The van der Waals surface area contributed by atoms with Crippen molar-refractivity contribution in [2.75, 3.05) is 20.1 Å². The Balaban J connectivity index is 2.44. The van der Waals surface area contributed by atoms with E-state index in [-0.39, 0.29) is 17.4 Å². The van der Waals surface area contributed by atoms with Crippen molar-refractivity contribution in [3.8, 4) is 0 Å². The highest BCUT2D eigenvalue weighted by Crippen LogP contribution is 2.16. The lowest BCUT2D eigenvalue weighted by atomic mass is 9.96. The predicted molar refractivity (Wildman–Crippen MR) is 58.1 cm³/mol. The topological polar surface area (TPSA) is 32.3 Å². The summed E-state index contributed by atoms with van der Waals surface area (Å²) in [5.74, 6) is 0.400. The summed E-state index contributed by atoms with van der Waals surface area (Å²) in [7, 11) is 2.08. The molecule has 1 heterocycles. The molecule has 82 valence electrons. The number of amides is 1. The molecule has 0 radical (unpaired) electrons. The number of carbonyl (C=O) groups is 1. The van der Waals surface area contributed by atoms with Crippen LogP contribution in [-0.2, 0) is 4.79 Å². The van der Waals surface area contributed by atoms with Crippen molar-refractivity contribution in [3.63, 3.8) is 0 Å². The van der Waals surface area contributed by atoms with Crippen molar-refractivity contribution in [1.82, 2.24) is 10.2 Å². The molecule has 0 saturated carbocycles. The molecule has 3 heteroatoms. The maximum Gasteiger partial charge on any atom is 0.224 e. The number of nitrogens with zero attached hydrogens (tertiary/aromatic N) is 1. The molecule has 0 bridgehead atoms. The molecule has 1 aliphatic rings. The lowest BCUT2D eigenvalue weighted by molar-refractivity contribution is -0.128. The van der Waals surface area contributed by atoms with E-state index < -0.39 is 0 Å². The summed E-state index contributed by atoms with van der Waals surface area (Å²) in [4.78, 5) is 14.1. The average Bonchev–Trinajstić information content (AvgIpc) is 2.01. The first kappa shape index (κ1) is 11.5. The molecule has 0 aliphatic carbocycles. The third-order valence-electron chi connectivity index (χ3n) is 2.49. The van der Waals surface area contributed by atoms with Gasteiger partial charge in [-0.2, -0.15) is 0 Å². The van der Waals surface area contributed by atoms with Crippen LogP contribution in [0.15, 0.2) is 0 Å². The van der Waals surface area contributed by atoms with Crippen LogP contribution in [0.25, 0.3) is 0 Å². The van der Waals surface area contributed by atoms with Crippen molar-refractivity contribution < 1.29 is 4.79 Å². The maximum atomic E-state index is 11.8. The van der Waals surface area contributed by atoms with E-state index in [2.05, 4.69) is 17.3 Å². The highest BCUT2D eigenvalue weighted by atomic mass is 16.2. The minimum absolute atomic E-state index is 0.104. The second-order valence-corrected chi connectivity index (χ2v) is 5.34. The fourth-order valence-electron chi connectivity index (χ4n) is 1.85. The van der Waals surface area contributed by atoms with Crippen LogP contribution in [0, 0.1) is 5.92 Å². The fourth-order valence-corrected chi connectivity index (χ4v) is 1.85. The van der Waals surface area contributed by atoms with Crippen molar-refractivity contribution in [2.45, 2.75) is 39.2 Å². The second kappa shape index (κ2) is 4.30. The van der Waals surface area contributed by atoms with E-state index >= 15 is 0 Å². The summed E-state index contributed by atoms with van der Waals surface area (Å²) in [6.07, 6.45) is 2.17. The van der Waals surface area contributed by atoms with Gasteiger partial charge >= 0.3 is 0 Å². The monoisotopic (exact) mass is 198 g/mol. The SMILES string of the molecule is CN1CCC[C@H](C(=O)NC(C)(C)C)C1. The maximum absolute atomic E-state index is 11.8. The van der Waals surface area contributed by atoms with Crippen molar-refractivity contribution in [2.24, 2.45) is 5.92 Å². The minimum atomic E-state index is -0.104. The standard InChI is InChI=1S/C11H22N2O/c1-11(2,3)12-10(14)9-6-5-7-13(4)8-9/h9H,5-8H2,1-4H3,(H,12,14)/t9-/m0/s1. The van der Waals surface area contributed by atoms with Gasteiger partial charge in [-0.05, 0) is 47.2 Å². The first-order valence-corrected chi connectivity index (χ1v) is 5.39. The second-order valence-electron chi connectivity index (χ2n) is 5.34. The zero-order valence-corrected chi connectivity index (χ0v) is 9.76. The number of piperidine rings is 1. The Hall–Kier alpha value is -0.570. The molecule has 1 rings (SSSR count). The number of rotatable bonds is 1. The lowest BCUT2D eigenvalue weighted by Crippen LogP contribution is -2.47. The van der Waals surface area contributed by atoms with E-state index in [1.165, 1.54) is 0 Å². The van der Waals surface area contributed by atoms with Gasteiger partial charge in [-0.3, -0.25) is 4.79 Å². The van der Waals surface area contributed by atoms with E-state index in [0.29, 0.717) is 0 Å². The largest absolute Gasteiger partial charge is 0.351 e. The van der Waals surface area contributed by atoms with Gasteiger partial charge < -0.3 is 10.2 Å². The molecule has 0 aromatic rings. The summed E-state index contributed by atoms with van der Waals surface area (Å²) >= 11 is 0. The van der Waals surface area contributed by atoms with Crippen LogP contribution in [0.2, 0.25) is 0 Å².